The molecule has 2 atom stereocenters. The Labute approximate surface area is 100 Å². The van der Waals surface area contributed by atoms with Crippen LogP contribution in [-0.2, 0) is 0 Å². The van der Waals surface area contributed by atoms with Crippen LogP contribution in [0.1, 0.15) is 59.8 Å². The first-order valence-corrected chi connectivity index (χ1v) is 6.45. The van der Waals surface area contributed by atoms with Crippen LogP contribution in [0.2, 0.25) is 0 Å². The third-order valence-electron chi connectivity index (χ3n) is 3.83. The van der Waals surface area contributed by atoms with E-state index in [1.165, 1.54) is 11.1 Å². The molecular formula is C15H26O. The first kappa shape index (κ1) is 13.5. The Kier molecular flexibility index (Phi) is 4.79. The fourth-order valence-electron chi connectivity index (χ4n) is 2.31. The van der Waals surface area contributed by atoms with Gasteiger partial charge in [-0.1, -0.05) is 30.2 Å². The molecule has 0 saturated carbocycles. The highest BCUT2D eigenvalue weighted by Crippen LogP contribution is 2.35. The van der Waals surface area contributed by atoms with Gasteiger partial charge >= 0.3 is 0 Å². The van der Waals surface area contributed by atoms with E-state index >= 15 is 0 Å². The van der Waals surface area contributed by atoms with Gasteiger partial charge in [-0.05, 0) is 58.8 Å². The van der Waals surface area contributed by atoms with E-state index in [2.05, 4.69) is 39.8 Å². The zero-order valence-electron chi connectivity index (χ0n) is 11.2. The van der Waals surface area contributed by atoms with Gasteiger partial charge in [0.15, 0.2) is 0 Å². The van der Waals surface area contributed by atoms with Gasteiger partial charge in [-0.3, -0.25) is 0 Å². The summed E-state index contributed by atoms with van der Waals surface area (Å²) in [6, 6.07) is 0. The predicted octanol–water partition coefficient (Wildman–Crippen LogP) is 4.23. The summed E-state index contributed by atoms with van der Waals surface area (Å²) >= 11 is 0. The number of hydrogen-bond acceptors (Lipinski definition) is 1. The highest BCUT2D eigenvalue weighted by molar-refractivity contribution is 5.09. The molecule has 1 heteroatoms. The van der Waals surface area contributed by atoms with Crippen LogP contribution in [0, 0.1) is 5.92 Å². The van der Waals surface area contributed by atoms with Gasteiger partial charge < -0.3 is 5.11 Å². The molecule has 0 fully saturated rings. The van der Waals surface area contributed by atoms with Crippen LogP contribution >= 0.6 is 0 Å². The van der Waals surface area contributed by atoms with E-state index < -0.39 is 5.60 Å². The third-order valence-corrected chi connectivity index (χ3v) is 3.83. The van der Waals surface area contributed by atoms with Crippen molar-refractivity contribution in [1.82, 2.24) is 0 Å². The lowest BCUT2D eigenvalue weighted by Gasteiger charge is -2.36. The van der Waals surface area contributed by atoms with Gasteiger partial charge in [0.1, 0.15) is 0 Å². The molecule has 1 unspecified atom stereocenters. The molecule has 0 heterocycles. The van der Waals surface area contributed by atoms with Crippen molar-refractivity contribution in [3.05, 3.63) is 23.3 Å². The maximum Gasteiger partial charge on any atom is 0.0710 e. The van der Waals surface area contributed by atoms with Crippen LogP contribution in [0.15, 0.2) is 23.3 Å². The molecule has 1 N–H and O–H groups in total. The van der Waals surface area contributed by atoms with E-state index in [-0.39, 0.29) is 0 Å². The third kappa shape index (κ3) is 3.79. The molecule has 1 nitrogen and oxygen atoms in total. The summed E-state index contributed by atoms with van der Waals surface area (Å²) in [7, 11) is 0. The van der Waals surface area contributed by atoms with Crippen molar-refractivity contribution in [1.29, 1.82) is 0 Å². The maximum absolute atomic E-state index is 10.6. The SMILES string of the molecule is CC(C)=CCC[C@H](C)C1(O)CC=C(C)CC1. The quantitative estimate of drug-likeness (QED) is 0.706. The van der Waals surface area contributed by atoms with E-state index in [1.54, 1.807) is 0 Å². The summed E-state index contributed by atoms with van der Waals surface area (Å²) in [5, 5.41) is 10.6. The Hall–Kier alpha value is -0.560. The summed E-state index contributed by atoms with van der Waals surface area (Å²) < 4.78 is 0. The molecule has 1 aliphatic carbocycles. The van der Waals surface area contributed by atoms with E-state index in [9.17, 15) is 5.11 Å². The van der Waals surface area contributed by atoms with Crippen molar-refractivity contribution in [3.63, 3.8) is 0 Å². The number of aliphatic hydroxyl groups is 1. The molecule has 16 heavy (non-hydrogen) atoms. The zero-order valence-corrected chi connectivity index (χ0v) is 11.2. The largest absolute Gasteiger partial charge is 0.389 e. The maximum atomic E-state index is 10.6. The van der Waals surface area contributed by atoms with E-state index in [0.717, 1.165) is 32.1 Å². The molecule has 0 radical (unpaired) electrons. The van der Waals surface area contributed by atoms with Gasteiger partial charge in [0.05, 0.1) is 5.60 Å². The number of allylic oxidation sites excluding steroid dienone is 3. The average Bonchev–Trinajstić information content (AvgIpc) is 2.22. The lowest BCUT2D eigenvalue weighted by molar-refractivity contribution is -0.0234. The molecule has 0 spiro atoms. The van der Waals surface area contributed by atoms with Crippen molar-refractivity contribution in [2.75, 3.05) is 0 Å². The second-order valence-corrected chi connectivity index (χ2v) is 5.62. The van der Waals surface area contributed by atoms with Gasteiger partial charge in [0.2, 0.25) is 0 Å². The van der Waals surface area contributed by atoms with Crippen LogP contribution < -0.4 is 0 Å². The summed E-state index contributed by atoms with van der Waals surface area (Å²) in [5.74, 6) is 0.396. The average molecular weight is 222 g/mol. The Balaban J connectivity index is 2.47. The number of rotatable bonds is 4. The van der Waals surface area contributed by atoms with E-state index in [4.69, 9.17) is 0 Å². The second kappa shape index (κ2) is 5.67. The van der Waals surface area contributed by atoms with Crippen LogP contribution in [-0.4, -0.2) is 10.7 Å². The minimum Gasteiger partial charge on any atom is -0.389 e. The molecule has 0 saturated heterocycles. The van der Waals surface area contributed by atoms with Gasteiger partial charge in [0, 0.05) is 0 Å². The zero-order chi connectivity index (χ0) is 12.2. The first-order chi connectivity index (χ1) is 7.44. The van der Waals surface area contributed by atoms with Crippen LogP contribution in [0.25, 0.3) is 0 Å². The summed E-state index contributed by atoms with van der Waals surface area (Å²) in [6.07, 6.45) is 9.50. The normalized spacial score (nSPS) is 27.2. The monoisotopic (exact) mass is 222 g/mol. The van der Waals surface area contributed by atoms with Crippen LogP contribution in [0.4, 0.5) is 0 Å². The minimum atomic E-state index is -0.449. The minimum absolute atomic E-state index is 0.396. The van der Waals surface area contributed by atoms with Crippen molar-refractivity contribution < 1.29 is 5.11 Å². The first-order valence-electron chi connectivity index (χ1n) is 6.45. The standard InChI is InChI=1S/C15H26O/c1-12(2)6-5-7-14(4)15(16)10-8-13(3)9-11-15/h6,8,14,16H,5,7,9-11H2,1-4H3/t14-,15?/m0/s1. The van der Waals surface area contributed by atoms with Gasteiger partial charge in [-0.15, -0.1) is 0 Å². The predicted molar refractivity (Wildman–Crippen MR) is 70.4 cm³/mol. The summed E-state index contributed by atoms with van der Waals surface area (Å²) in [5.41, 5.74) is 2.36. The molecule has 0 amide bonds. The molecule has 0 bridgehead atoms. The Morgan fingerprint density at radius 3 is 2.75 bits per heavy atom. The fraction of sp³-hybridized carbons (Fsp3) is 0.733. The van der Waals surface area contributed by atoms with E-state index in [1.807, 2.05) is 0 Å². The van der Waals surface area contributed by atoms with Gasteiger partial charge in [-0.2, -0.15) is 0 Å². The summed E-state index contributed by atoms with van der Waals surface area (Å²) in [4.78, 5) is 0. The smallest absolute Gasteiger partial charge is 0.0710 e. The second-order valence-electron chi connectivity index (χ2n) is 5.62. The van der Waals surface area contributed by atoms with Gasteiger partial charge in [-0.25, -0.2) is 0 Å². The lowest BCUT2D eigenvalue weighted by Crippen LogP contribution is -2.37. The van der Waals surface area contributed by atoms with Crippen LogP contribution in [0.3, 0.4) is 0 Å². The Morgan fingerprint density at radius 2 is 2.25 bits per heavy atom. The molecule has 1 aliphatic rings. The highest BCUT2D eigenvalue weighted by Gasteiger charge is 2.33. The highest BCUT2D eigenvalue weighted by atomic mass is 16.3. The molecule has 0 aromatic rings. The molecular weight excluding hydrogens is 196 g/mol. The van der Waals surface area contributed by atoms with Crippen LogP contribution in [0.5, 0.6) is 0 Å². The number of hydrogen-bond donors (Lipinski definition) is 1. The Bertz CT molecular complexity index is 284. The topological polar surface area (TPSA) is 20.2 Å². The van der Waals surface area contributed by atoms with Crippen molar-refractivity contribution in [2.45, 2.75) is 65.4 Å². The molecule has 1 rings (SSSR count). The van der Waals surface area contributed by atoms with Crippen molar-refractivity contribution >= 4 is 0 Å². The summed E-state index contributed by atoms with van der Waals surface area (Å²) in [6.45, 7) is 8.61. The molecule has 0 aliphatic heterocycles. The van der Waals surface area contributed by atoms with Crippen molar-refractivity contribution in [2.24, 2.45) is 5.92 Å². The Morgan fingerprint density at radius 1 is 1.56 bits per heavy atom. The molecule has 0 aromatic heterocycles. The van der Waals surface area contributed by atoms with E-state index in [0.29, 0.717) is 5.92 Å². The lowest BCUT2D eigenvalue weighted by atomic mass is 9.75. The molecule has 92 valence electrons. The van der Waals surface area contributed by atoms with Crippen molar-refractivity contribution in [3.8, 4) is 0 Å². The van der Waals surface area contributed by atoms with Gasteiger partial charge in [0.25, 0.3) is 0 Å². The fourth-order valence-corrected chi connectivity index (χ4v) is 2.31. The molecule has 0 aromatic carbocycles.